The van der Waals surface area contributed by atoms with Gasteiger partial charge in [0.1, 0.15) is 0 Å². The number of benzene rings is 1. The summed E-state index contributed by atoms with van der Waals surface area (Å²) < 4.78 is 5.45. The molecule has 1 aromatic carbocycles. The number of halogens is 1. The second kappa shape index (κ2) is 8.00. The Hall–Kier alpha value is -2.44. The number of likely N-dealkylation sites (tertiary alicyclic amines) is 1. The van der Waals surface area contributed by atoms with E-state index in [0.717, 1.165) is 55.7 Å². The van der Waals surface area contributed by atoms with E-state index < -0.39 is 0 Å². The summed E-state index contributed by atoms with van der Waals surface area (Å²) in [6.45, 7) is 7.70. The molecule has 0 bridgehead atoms. The van der Waals surface area contributed by atoms with Crippen LogP contribution in [0.1, 0.15) is 40.9 Å². The minimum Gasteiger partial charge on any atom is -0.339 e. The van der Waals surface area contributed by atoms with Gasteiger partial charge in [0.25, 0.3) is 11.6 Å². The summed E-state index contributed by atoms with van der Waals surface area (Å²) in [7, 11) is 0. The number of piperidine rings is 1. The first-order chi connectivity index (χ1) is 14.0. The van der Waals surface area contributed by atoms with Gasteiger partial charge in [-0.15, -0.1) is 12.4 Å². The Morgan fingerprint density at radius 1 is 1.13 bits per heavy atom. The zero-order valence-electron chi connectivity index (χ0n) is 17.4. The summed E-state index contributed by atoms with van der Waals surface area (Å²) in [4.78, 5) is 20.1. The summed E-state index contributed by atoms with van der Waals surface area (Å²) in [6, 6.07) is 10.1. The highest BCUT2D eigenvalue weighted by Crippen LogP contribution is 2.38. The Morgan fingerprint density at radius 3 is 2.53 bits per heavy atom. The first kappa shape index (κ1) is 20.8. The van der Waals surface area contributed by atoms with Crippen molar-refractivity contribution in [3.8, 4) is 11.3 Å². The van der Waals surface area contributed by atoms with Crippen LogP contribution in [0.3, 0.4) is 0 Å². The third-order valence-corrected chi connectivity index (χ3v) is 6.64. The molecule has 5 rings (SSSR count). The number of rotatable bonds is 2. The van der Waals surface area contributed by atoms with E-state index in [4.69, 9.17) is 4.52 Å². The molecule has 2 saturated heterocycles. The number of hydrogen-bond acceptors (Lipinski definition) is 5. The van der Waals surface area contributed by atoms with Crippen molar-refractivity contribution in [3.05, 3.63) is 47.2 Å². The molecule has 1 spiro atoms. The van der Waals surface area contributed by atoms with Gasteiger partial charge in [-0.25, -0.2) is 4.98 Å². The highest BCUT2D eigenvalue weighted by Gasteiger charge is 2.38. The first-order valence-corrected chi connectivity index (χ1v) is 10.4. The molecule has 0 radical (unpaired) electrons. The van der Waals surface area contributed by atoms with E-state index in [2.05, 4.69) is 22.4 Å². The van der Waals surface area contributed by atoms with Gasteiger partial charge in [-0.2, -0.15) is 0 Å². The van der Waals surface area contributed by atoms with Gasteiger partial charge in [0.15, 0.2) is 0 Å². The third-order valence-electron chi connectivity index (χ3n) is 6.64. The monoisotopic (exact) mass is 426 g/mol. The van der Waals surface area contributed by atoms with Gasteiger partial charge in [-0.05, 0) is 51.1 Å². The van der Waals surface area contributed by atoms with Crippen LogP contribution in [-0.2, 0) is 0 Å². The summed E-state index contributed by atoms with van der Waals surface area (Å²) in [5, 5.41) is 8.29. The van der Waals surface area contributed by atoms with E-state index >= 15 is 0 Å². The normalized spacial score (nSPS) is 18.0. The van der Waals surface area contributed by atoms with Crippen LogP contribution in [0.25, 0.3) is 22.4 Å². The Kier molecular flexibility index (Phi) is 5.55. The summed E-state index contributed by atoms with van der Waals surface area (Å²) in [5.41, 5.74) is 5.05. The van der Waals surface area contributed by atoms with Crippen molar-refractivity contribution in [1.82, 2.24) is 20.4 Å². The lowest BCUT2D eigenvalue weighted by atomic mass is 9.77. The molecular weight excluding hydrogens is 400 g/mol. The Morgan fingerprint density at radius 2 is 1.87 bits per heavy atom. The fraction of sp³-hybridized carbons (Fsp3) is 0.435. The SMILES string of the molecule is Cc1ccc(-c2cc(C(=O)N3CCC4(CCNC4)CC3)c3c(C)noc3n2)cc1.Cl. The van der Waals surface area contributed by atoms with E-state index in [-0.39, 0.29) is 18.3 Å². The van der Waals surface area contributed by atoms with Crippen molar-refractivity contribution in [2.45, 2.75) is 33.1 Å². The molecule has 6 nitrogen and oxygen atoms in total. The Bertz CT molecular complexity index is 1060. The summed E-state index contributed by atoms with van der Waals surface area (Å²) in [6.07, 6.45) is 3.34. The molecule has 0 unspecified atom stereocenters. The van der Waals surface area contributed by atoms with Crippen molar-refractivity contribution in [3.63, 3.8) is 0 Å². The van der Waals surface area contributed by atoms with Gasteiger partial charge in [0.2, 0.25) is 0 Å². The Labute approximate surface area is 182 Å². The molecule has 3 aromatic rings. The van der Waals surface area contributed by atoms with Crippen LogP contribution in [-0.4, -0.2) is 47.1 Å². The molecule has 2 fully saturated rings. The largest absolute Gasteiger partial charge is 0.339 e. The van der Waals surface area contributed by atoms with Crippen LogP contribution in [0.2, 0.25) is 0 Å². The Balaban J connectivity index is 0.00000218. The van der Waals surface area contributed by atoms with Crippen molar-refractivity contribution < 1.29 is 9.32 Å². The maximum absolute atomic E-state index is 13.5. The van der Waals surface area contributed by atoms with Gasteiger partial charge in [0.05, 0.1) is 22.3 Å². The van der Waals surface area contributed by atoms with Gasteiger partial charge in [0, 0.05) is 25.2 Å². The highest BCUT2D eigenvalue weighted by atomic mass is 35.5. The molecule has 158 valence electrons. The van der Waals surface area contributed by atoms with Crippen molar-refractivity contribution in [1.29, 1.82) is 0 Å². The van der Waals surface area contributed by atoms with Crippen molar-refractivity contribution in [2.24, 2.45) is 5.41 Å². The molecular formula is C23H27ClN4O2. The minimum atomic E-state index is 0. The number of pyridine rings is 1. The lowest BCUT2D eigenvalue weighted by Crippen LogP contribution is -2.44. The molecule has 7 heteroatoms. The zero-order valence-corrected chi connectivity index (χ0v) is 18.2. The van der Waals surface area contributed by atoms with E-state index in [1.54, 1.807) is 0 Å². The predicted octanol–water partition coefficient (Wildman–Crippen LogP) is 4.14. The lowest BCUT2D eigenvalue weighted by molar-refractivity contribution is 0.0609. The molecule has 4 heterocycles. The average Bonchev–Trinajstić information content (AvgIpc) is 3.35. The average molecular weight is 427 g/mol. The molecule has 2 aromatic heterocycles. The van der Waals surface area contributed by atoms with E-state index in [1.165, 1.54) is 12.0 Å². The van der Waals surface area contributed by atoms with Gasteiger partial charge in [-0.1, -0.05) is 35.0 Å². The number of amides is 1. The van der Waals surface area contributed by atoms with Crippen LogP contribution >= 0.6 is 12.4 Å². The lowest BCUT2D eigenvalue weighted by Gasteiger charge is -2.39. The van der Waals surface area contributed by atoms with Crippen LogP contribution < -0.4 is 5.32 Å². The van der Waals surface area contributed by atoms with E-state index in [9.17, 15) is 4.79 Å². The fourth-order valence-corrected chi connectivity index (χ4v) is 4.71. The second-order valence-electron chi connectivity index (χ2n) is 8.59. The molecule has 1 amide bonds. The van der Waals surface area contributed by atoms with Crippen molar-refractivity contribution in [2.75, 3.05) is 26.2 Å². The summed E-state index contributed by atoms with van der Waals surface area (Å²) >= 11 is 0. The smallest absolute Gasteiger partial charge is 0.259 e. The van der Waals surface area contributed by atoms with Crippen LogP contribution in [0, 0.1) is 19.3 Å². The van der Waals surface area contributed by atoms with Gasteiger partial charge >= 0.3 is 0 Å². The number of carbonyl (C=O) groups excluding carboxylic acids is 1. The van der Waals surface area contributed by atoms with Crippen molar-refractivity contribution >= 4 is 29.4 Å². The van der Waals surface area contributed by atoms with Gasteiger partial charge in [-0.3, -0.25) is 4.79 Å². The van der Waals surface area contributed by atoms with Gasteiger partial charge < -0.3 is 14.7 Å². The van der Waals surface area contributed by atoms with Crippen LogP contribution in [0.4, 0.5) is 0 Å². The number of aromatic nitrogens is 2. The highest BCUT2D eigenvalue weighted by molar-refractivity contribution is 6.07. The minimum absolute atomic E-state index is 0. The summed E-state index contributed by atoms with van der Waals surface area (Å²) in [5.74, 6) is 0.0536. The first-order valence-electron chi connectivity index (χ1n) is 10.4. The van der Waals surface area contributed by atoms with E-state index in [1.807, 2.05) is 42.2 Å². The topological polar surface area (TPSA) is 71.3 Å². The maximum Gasteiger partial charge on any atom is 0.259 e. The number of nitrogens with zero attached hydrogens (tertiary/aromatic N) is 3. The third kappa shape index (κ3) is 3.59. The van der Waals surface area contributed by atoms with E-state index in [0.29, 0.717) is 22.4 Å². The maximum atomic E-state index is 13.5. The number of carbonyl (C=O) groups is 1. The predicted molar refractivity (Wildman–Crippen MR) is 119 cm³/mol. The standard InChI is InChI=1S/C23H26N4O2.ClH/c1-15-3-5-17(6-4-15)19-13-18(20-16(2)26-29-21(20)25-19)22(28)27-11-8-23(9-12-27)7-10-24-14-23;/h3-6,13,24H,7-12,14H2,1-2H3;1H. The number of aryl methyl sites for hydroxylation is 2. The molecule has 30 heavy (non-hydrogen) atoms. The fourth-order valence-electron chi connectivity index (χ4n) is 4.71. The second-order valence-corrected chi connectivity index (χ2v) is 8.59. The van der Waals surface area contributed by atoms with Crippen LogP contribution in [0.15, 0.2) is 34.9 Å². The molecule has 1 N–H and O–H groups in total. The quantitative estimate of drug-likeness (QED) is 0.666. The number of nitrogens with one attached hydrogen (secondary N) is 1. The molecule has 0 saturated carbocycles. The van der Waals surface area contributed by atoms with Crippen LogP contribution in [0.5, 0.6) is 0 Å². The molecule has 2 aliphatic rings. The molecule has 0 aliphatic carbocycles. The number of fused-ring (bicyclic) bond motifs is 1. The zero-order chi connectivity index (χ0) is 20.0. The number of hydrogen-bond donors (Lipinski definition) is 1. The molecule has 2 aliphatic heterocycles. The molecule has 0 atom stereocenters.